The number of nitrogens with zero attached hydrogens (tertiary/aromatic N) is 1. The molecule has 0 bridgehead atoms. The third-order valence-corrected chi connectivity index (χ3v) is 4.67. The Morgan fingerprint density at radius 3 is 2.96 bits per heavy atom. The van der Waals surface area contributed by atoms with Gasteiger partial charge in [-0.1, -0.05) is 18.2 Å². The summed E-state index contributed by atoms with van der Waals surface area (Å²) in [6, 6.07) is 8.04. The van der Waals surface area contributed by atoms with Crippen molar-refractivity contribution in [3.8, 4) is 5.75 Å². The lowest BCUT2D eigenvalue weighted by Gasteiger charge is -2.31. The molecule has 126 valence electrons. The number of aliphatic carboxylic acids is 1. The smallest absolute Gasteiger partial charge is 0.307 e. The number of piperidine rings is 1. The fourth-order valence-electron chi connectivity index (χ4n) is 3.38. The van der Waals surface area contributed by atoms with Crippen molar-refractivity contribution in [1.82, 2.24) is 4.90 Å². The lowest BCUT2D eigenvalue weighted by molar-refractivity contribution is -0.143. The Morgan fingerprint density at radius 2 is 2.17 bits per heavy atom. The van der Waals surface area contributed by atoms with Gasteiger partial charge in [0.25, 0.3) is 0 Å². The summed E-state index contributed by atoms with van der Waals surface area (Å²) in [4.78, 5) is 13.4. The molecule has 2 unspecified atom stereocenters. The average molecular weight is 319 g/mol. The van der Waals surface area contributed by atoms with E-state index in [0.717, 1.165) is 56.7 Å². The Labute approximate surface area is 137 Å². The zero-order valence-corrected chi connectivity index (χ0v) is 13.4. The van der Waals surface area contributed by atoms with E-state index in [2.05, 4.69) is 11.0 Å². The molecule has 0 saturated carbocycles. The minimum atomic E-state index is -0.683. The van der Waals surface area contributed by atoms with Crippen LogP contribution in [0, 0.1) is 5.92 Å². The Kier molecular flexibility index (Phi) is 5.51. The molecule has 0 spiro atoms. The maximum Gasteiger partial charge on any atom is 0.307 e. The standard InChI is InChI=1S/C18H25NO4/c20-18(21)15-6-3-9-19(12-15)11-14-5-1-2-8-17(14)23-13-16-7-4-10-22-16/h1-2,5,8,15-16H,3-4,6-7,9-13H2,(H,20,21). The van der Waals surface area contributed by atoms with Crippen LogP contribution in [0.15, 0.2) is 24.3 Å². The van der Waals surface area contributed by atoms with Gasteiger partial charge in [-0.25, -0.2) is 0 Å². The maximum atomic E-state index is 11.2. The molecule has 3 rings (SSSR count). The monoisotopic (exact) mass is 319 g/mol. The number of benzene rings is 1. The Hall–Kier alpha value is -1.59. The second-order valence-corrected chi connectivity index (χ2v) is 6.47. The summed E-state index contributed by atoms with van der Waals surface area (Å²) in [5.74, 6) is -0.0400. The predicted molar refractivity (Wildman–Crippen MR) is 86.5 cm³/mol. The minimum absolute atomic E-state index is 0.203. The lowest BCUT2D eigenvalue weighted by Crippen LogP contribution is -2.38. The highest BCUT2D eigenvalue weighted by molar-refractivity contribution is 5.70. The number of likely N-dealkylation sites (tertiary alicyclic amines) is 1. The average Bonchev–Trinajstić information content (AvgIpc) is 3.08. The van der Waals surface area contributed by atoms with Crippen molar-refractivity contribution in [2.24, 2.45) is 5.92 Å². The number of carboxylic acid groups (broad SMARTS) is 1. The van der Waals surface area contributed by atoms with Crippen molar-refractivity contribution >= 4 is 5.97 Å². The van der Waals surface area contributed by atoms with E-state index in [4.69, 9.17) is 9.47 Å². The van der Waals surface area contributed by atoms with Crippen LogP contribution in [-0.2, 0) is 16.1 Å². The third kappa shape index (κ3) is 4.45. The molecule has 2 atom stereocenters. The van der Waals surface area contributed by atoms with Crippen molar-refractivity contribution in [1.29, 1.82) is 0 Å². The maximum absolute atomic E-state index is 11.2. The van der Waals surface area contributed by atoms with E-state index >= 15 is 0 Å². The summed E-state index contributed by atoms with van der Waals surface area (Å²) in [6.45, 7) is 3.74. The summed E-state index contributed by atoms with van der Waals surface area (Å²) in [7, 11) is 0. The van der Waals surface area contributed by atoms with Gasteiger partial charge in [-0.3, -0.25) is 9.69 Å². The van der Waals surface area contributed by atoms with Crippen LogP contribution in [0.3, 0.4) is 0 Å². The van der Waals surface area contributed by atoms with Crippen molar-refractivity contribution in [3.05, 3.63) is 29.8 Å². The van der Waals surface area contributed by atoms with Gasteiger partial charge < -0.3 is 14.6 Å². The van der Waals surface area contributed by atoms with Crippen LogP contribution in [0.4, 0.5) is 0 Å². The lowest BCUT2D eigenvalue weighted by atomic mass is 9.98. The molecular formula is C18H25NO4. The number of para-hydroxylation sites is 1. The molecule has 2 fully saturated rings. The molecule has 5 heteroatoms. The van der Waals surface area contributed by atoms with Gasteiger partial charge >= 0.3 is 5.97 Å². The van der Waals surface area contributed by atoms with Gasteiger partial charge in [0.15, 0.2) is 0 Å². The number of carboxylic acids is 1. The first-order chi connectivity index (χ1) is 11.2. The number of hydrogen-bond donors (Lipinski definition) is 1. The molecule has 5 nitrogen and oxygen atoms in total. The molecule has 1 aromatic rings. The largest absolute Gasteiger partial charge is 0.491 e. The molecule has 0 radical (unpaired) electrons. The molecule has 2 saturated heterocycles. The quantitative estimate of drug-likeness (QED) is 0.873. The molecule has 2 aliphatic heterocycles. The molecule has 0 amide bonds. The van der Waals surface area contributed by atoms with E-state index in [1.165, 1.54) is 0 Å². The number of rotatable bonds is 6. The van der Waals surface area contributed by atoms with E-state index in [-0.39, 0.29) is 12.0 Å². The van der Waals surface area contributed by atoms with Gasteiger partial charge in [0.1, 0.15) is 12.4 Å². The van der Waals surface area contributed by atoms with Crippen LogP contribution < -0.4 is 4.74 Å². The van der Waals surface area contributed by atoms with Crippen molar-refractivity contribution in [3.63, 3.8) is 0 Å². The Bertz CT molecular complexity index is 528. The van der Waals surface area contributed by atoms with Gasteiger partial charge in [0, 0.05) is 25.3 Å². The van der Waals surface area contributed by atoms with E-state index < -0.39 is 5.97 Å². The fourth-order valence-corrected chi connectivity index (χ4v) is 3.38. The SMILES string of the molecule is O=C(O)C1CCCN(Cc2ccccc2OCC2CCCO2)C1. The summed E-state index contributed by atoms with van der Waals surface area (Å²) in [5.41, 5.74) is 1.12. The van der Waals surface area contributed by atoms with E-state index in [1.54, 1.807) is 0 Å². The van der Waals surface area contributed by atoms with Crippen molar-refractivity contribution in [2.75, 3.05) is 26.3 Å². The second kappa shape index (κ2) is 7.79. The van der Waals surface area contributed by atoms with Gasteiger partial charge in [-0.05, 0) is 38.3 Å². The summed E-state index contributed by atoms with van der Waals surface area (Å²) < 4.78 is 11.6. The zero-order valence-electron chi connectivity index (χ0n) is 13.4. The topological polar surface area (TPSA) is 59.0 Å². The fraction of sp³-hybridized carbons (Fsp3) is 0.611. The normalized spacial score (nSPS) is 25.4. The highest BCUT2D eigenvalue weighted by Crippen LogP contribution is 2.24. The van der Waals surface area contributed by atoms with Crippen LogP contribution in [-0.4, -0.2) is 48.4 Å². The van der Waals surface area contributed by atoms with Gasteiger partial charge in [0.05, 0.1) is 12.0 Å². The first-order valence-electron chi connectivity index (χ1n) is 8.50. The van der Waals surface area contributed by atoms with Gasteiger partial charge in [-0.15, -0.1) is 0 Å². The minimum Gasteiger partial charge on any atom is -0.491 e. The van der Waals surface area contributed by atoms with Crippen molar-refractivity contribution < 1.29 is 19.4 Å². The van der Waals surface area contributed by atoms with Crippen LogP contribution in [0.1, 0.15) is 31.2 Å². The zero-order chi connectivity index (χ0) is 16.1. The molecule has 1 aromatic carbocycles. The van der Waals surface area contributed by atoms with E-state index in [0.29, 0.717) is 13.2 Å². The van der Waals surface area contributed by atoms with Crippen LogP contribution in [0.25, 0.3) is 0 Å². The highest BCUT2D eigenvalue weighted by Gasteiger charge is 2.26. The van der Waals surface area contributed by atoms with Crippen molar-refractivity contribution in [2.45, 2.75) is 38.3 Å². The van der Waals surface area contributed by atoms with Crippen LogP contribution >= 0.6 is 0 Å². The molecule has 2 heterocycles. The highest BCUT2D eigenvalue weighted by atomic mass is 16.5. The Balaban J connectivity index is 1.59. The molecule has 0 aromatic heterocycles. The third-order valence-electron chi connectivity index (χ3n) is 4.67. The summed E-state index contributed by atoms with van der Waals surface area (Å²) in [5, 5.41) is 9.22. The van der Waals surface area contributed by atoms with Crippen LogP contribution in [0.2, 0.25) is 0 Å². The van der Waals surface area contributed by atoms with Crippen LogP contribution in [0.5, 0.6) is 5.75 Å². The van der Waals surface area contributed by atoms with Gasteiger partial charge in [0.2, 0.25) is 0 Å². The Morgan fingerprint density at radius 1 is 1.30 bits per heavy atom. The summed E-state index contributed by atoms with van der Waals surface area (Å²) in [6.07, 6.45) is 4.10. The predicted octanol–water partition coefficient (Wildman–Crippen LogP) is 2.54. The first-order valence-corrected chi connectivity index (χ1v) is 8.50. The first kappa shape index (κ1) is 16.3. The van der Waals surface area contributed by atoms with Gasteiger partial charge in [-0.2, -0.15) is 0 Å². The molecular weight excluding hydrogens is 294 g/mol. The molecule has 2 aliphatic rings. The molecule has 0 aliphatic carbocycles. The molecule has 23 heavy (non-hydrogen) atoms. The second-order valence-electron chi connectivity index (χ2n) is 6.47. The molecule has 1 N–H and O–H groups in total. The number of ether oxygens (including phenoxy) is 2. The number of carbonyl (C=O) groups is 1. The number of hydrogen-bond acceptors (Lipinski definition) is 4. The van der Waals surface area contributed by atoms with E-state index in [1.807, 2.05) is 18.2 Å². The summed E-state index contributed by atoms with van der Waals surface area (Å²) >= 11 is 0. The van der Waals surface area contributed by atoms with E-state index in [9.17, 15) is 9.90 Å².